The molecule has 1 saturated heterocycles. The number of furan rings is 1. The number of nitrogens with zero attached hydrogens (tertiary/aromatic N) is 2. The smallest absolute Gasteiger partial charge is 0.229 e. The number of aromatic amines is 1. The van der Waals surface area contributed by atoms with Gasteiger partial charge in [0.05, 0.1) is 36.1 Å². The van der Waals surface area contributed by atoms with Gasteiger partial charge in [0.15, 0.2) is 0 Å². The fourth-order valence-corrected chi connectivity index (χ4v) is 2.95. The number of hydrogen-bond donors (Lipinski definition) is 2. The van der Waals surface area contributed by atoms with Crippen LogP contribution < -0.4 is 5.32 Å². The highest BCUT2D eigenvalue weighted by Crippen LogP contribution is 2.23. The van der Waals surface area contributed by atoms with Gasteiger partial charge in [-0.25, -0.2) is 4.98 Å². The summed E-state index contributed by atoms with van der Waals surface area (Å²) in [5.41, 5.74) is 2.39. The second kappa shape index (κ2) is 5.84. The Labute approximate surface area is 137 Å². The molecule has 0 bridgehead atoms. The third-order valence-electron chi connectivity index (χ3n) is 4.20. The number of H-pyrrole nitrogens is 1. The Kier molecular flexibility index (Phi) is 3.53. The third-order valence-corrected chi connectivity index (χ3v) is 4.20. The van der Waals surface area contributed by atoms with Gasteiger partial charge in [-0.3, -0.25) is 9.59 Å². The summed E-state index contributed by atoms with van der Waals surface area (Å²) < 4.78 is 5.26. The van der Waals surface area contributed by atoms with Crippen LogP contribution in [0.15, 0.2) is 47.3 Å². The first-order valence-electron chi connectivity index (χ1n) is 7.73. The highest BCUT2D eigenvalue weighted by Gasteiger charge is 2.34. The number of carbonyl (C=O) groups excluding carboxylic acids is 2. The van der Waals surface area contributed by atoms with Gasteiger partial charge in [0.25, 0.3) is 0 Å². The van der Waals surface area contributed by atoms with Crippen molar-refractivity contribution in [3.05, 3.63) is 48.7 Å². The maximum absolute atomic E-state index is 12.4. The van der Waals surface area contributed by atoms with Crippen LogP contribution in [0, 0.1) is 5.92 Å². The van der Waals surface area contributed by atoms with Gasteiger partial charge in [-0.2, -0.15) is 0 Å². The number of likely N-dealkylation sites (tertiary alicyclic amines) is 1. The van der Waals surface area contributed by atoms with Crippen LogP contribution in [-0.2, 0) is 16.1 Å². The number of rotatable bonds is 4. The maximum Gasteiger partial charge on any atom is 0.229 e. The number of carbonyl (C=O) groups is 2. The number of hydrogen-bond acceptors (Lipinski definition) is 4. The maximum atomic E-state index is 12.4. The van der Waals surface area contributed by atoms with Crippen LogP contribution in [0.5, 0.6) is 0 Å². The third kappa shape index (κ3) is 2.76. The number of nitrogens with one attached hydrogen (secondary N) is 2. The minimum Gasteiger partial charge on any atom is -0.467 e. The highest BCUT2D eigenvalue weighted by atomic mass is 16.3. The van der Waals surface area contributed by atoms with Crippen LogP contribution in [0.3, 0.4) is 0 Å². The van der Waals surface area contributed by atoms with E-state index in [9.17, 15) is 9.59 Å². The summed E-state index contributed by atoms with van der Waals surface area (Å²) in [7, 11) is 0. The summed E-state index contributed by atoms with van der Waals surface area (Å²) in [6.45, 7) is 0.799. The van der Waals surface area contributed by atoms with E-state index in [1.807, 2.05) is 18.2 Å². The number of fused-ring (bicyclic) bond motifs is 1. The van der Waals surface area contributed by atoms with E-state index in [1.54, 1.807) is 29.6 Å². The highest BCUT2D eigenvalue weighted by molar-refractivity contribution is 5.98. The van der Waals surface area contributed by atoms with Crippen molar-refractivity contribution in [2.24, 2.45) is 5.92 Å². The lowest BCUT2D eigenvalue weighted by atomic mass is 10.1. The molecule has 122 valence electrons. The first-order chi connectivity index (χ1) is 11.7. The molecule has 3 heterocycles. The minimum absolute atomic E-state index is 0.0319. The number of anilines is 1. The molecule has 0 unspecified atom stereocenters. The van der Waals surface area contributed by atoms with Crippen LogP contribution in [0.25, 0.3) is 11.0 Å². The molecule has 7 heteroatoms. The van der Waals surface area contributed by atoms with Crippen LogP contribution in [0.2, 0.25) is 0 Å². The Morgan fingerprint density at radius 3 is 3.17 bits per heavy atom. The molecule has 4 rings (SSSR count). The van der Waals surface area contributed by atoms with E-state index >= 15 is 0 Å². The fraction of sp³-hybridized carbons (Fsp3) is 0.235. The van der Waals surface area contributed by atoms with Crippen molar-refractivity contribution < 1.29 is 14.0 Å². The topological polar surface area (TPSA) is 91.2 Å². The van der Waals surface area contributed by atoms with Gasteiger partial charge in [0.1, 0.15) is 5.76 Å². The largest absolute Gasteiger partial charge is 0.467 e. The Balaban J connectivity index is 1.42. The molecule has 1 aliphatic rings. The van der Waals surface area contributed by atoms with Gasteiger partial charge in [0, 0.05) is 18.7 Å². The molecular weight excluding hydrogens is 308 g/mol. The van der Waals surface area contributed by atoms with Crippen LogP contribution in [0.4, 0.5) is 5.69 Å². The van der Waals surface area contributed by atoms with Crippen LogP contribution >= 0.6 is 0 Å². The summed E-state index contributed by atoms with van der Waals surface area (Å²) in [6, 6.07) is 9.08. The average molecular weight is 324 g/mol. The quantitative estimate of drug-likeness (QED) is 0.769. The number of amides is 2. The summed E-state index contributed by atoms with van der Waals surface area (Å²) in [6.07, 6.45) is 3.41. The van der Waals surface area contributed by atoms with Gasteiger partial charge in [-0.1, -0.05) is 0 Å². The molecule has 0 saturated carbocycles. The SMILES string of the molecule is O=C(Nc1ccc2nc[nH]c2c1)[C@H]1CC(=O)N(Cc2ccco2)C1. The molecular formula is C17H16N4O3. The number of aromatic nitrogens is 2. The molecule has 2 amide bonds. The molecule has 1 atom stereocenters. The molecule has 7 nitrogen and oxygen atoms in total. The predicted octanol–water partition coefficient (Wildman–Crippen LogP) is 2.14. The second-order valence-corrected chi connectivity index (χ2v) is 5.88. The van der Waals surface area contributed by atoms with Crippen LogP contribution in [-0.4, -0.2) is 33.2 Å². The molecule has 0 aliphatic carbocycles. The lowest BCUT2D eigenvalue weighted by molar-refractivity contribution is -0.128. The summed E-state index contributed by atoms with van der Waals surface area (Å²) in [4.78, 5) is 33.3. The summed E-state index contributed by atoms with van der Waals surface area (Å²) in [5, 5.41) is 2.88. The standard InChI is InChI=1S/C17H16N4O3/c22-16-6-11(8-21(16)9-13-2-1-5-24-13)17(23)20-12-3-4-14-15(7-12)19-10-18-14/h1-5,7,10-11H,6,8-9H2,(H,18,19)(H,20,23)/t11-/m0/s1. The van der Waals surface area contributed by atoms with Gasteiger partial charge >= 0.3 is 0 Å². The Morgan fingerprint density at radius 1 is 1.42 bits per heavy atom. The van der Waals surface area contributed by atoms with Crippen LogP contribution in [0.1, 0.15) is 12.2 Å². The number of imidazole rings is 1. The van der Waals surface area contributed by atoms with E-state index in [0.29, 0.717) is 24.5 Å². The van der Waals surface area contributed by atoms with Gasteiger partial charge in [-0.05, 0) is 30.3 Å². The zero-order chi connectivity index (χ0) is 16.5. The van der Waals surface area contributed by atoms with Crippen molar-refractivity contribution in [2.45, 2.75) is 13.0 Å². The van der Waals surface area contributed by atoms with E-state index in [-0.39, 0.29) is 24.2 Å². The van der Waals surface area contributed by atoms with Crippen molar-refractivity contribution in [1.82, 2.24) is 14.9 Å². The zero-order valence-electron chi connectivity index (χ0n) is 12.9. The van der Waals surface area contributed by atoms with E-state index in [1.165, 1.54) is 0 Å². The molecule has 1 aromatic carbocycles. The molecule has 0 radical (unpaired) electrons. The normalized spacial score (nSPS) is 17.6. The number of benzene rings is 1. The molecule has 1 fully saturated rings. The first-order valence-corrected chi connectivity index (χ1v) is 7.73. The van der Waals surface area contributed by atoms with Crippen molar-refractivity contribution in [3.8, 4) is 0 Å². The monoisotopic (exact) mass is 324 g/mol. The van der Waals surface area contributed by atoms with Gasteiger partial charge in [0.2, 0.25) is 11.8 Å². The van der Waals surface area contributed by atoms with Crippen molar-refractivity contribution in [3.63, 3.8) is 0 Å². The van der Waals surface area contributed by atoms with E-state index in [4.69, 9.17) is 4.42 Å². The summed E-state index contributed by atoms with van der Waals surface area (Å²) in [5.74, 6) is 0.179. The predicted molar refractivity (Wildman–Crippen MR) is 87.0 cm³/mol. The first kappa shape index (κ1) is 14.5. The van der Waals surface area contributed by atoms with Crippen molar-refractivity contribution in [2.75, 3.05) is 11.9 Å². The second-order valence-electron chi connectivity index (χ2n) is 5.88. The molecule has 1 aliphatic heterocycles. The fourth-order valence-electron chi connectivity index (χ4n) is 2.95. The Morgan fingerprint density at radius 2 is 2.33 bits per heavy atom. The Hall–Kier alpha value is -3.09. The molecule has 24 heavy (non-hydrogen) atoms. The molecule has 2 aromatic heterocycles. The van der Waals surface area contributed by atoms with Crippen molar-refractivity contribution >= 4 is 28.5 Å². The lowest BCUT2D eigenvalue weighted by Gasteiger charge is -2.15. The molecule has 2 N–H and O–H groups in total. The minimum atomic E-state index is -0.357. The Bertz CT molecular complexity index is 884. The lowest BCUT2D eigenvalue weighted by Crippen LogP contribution is -2.27. The average Bonchev–Trinajstić information content (AvgIpc) is 3.29. The van der Waals surface area contributed by atoms with E-state index in [0.717, 1.165) is 11.0 Å². The van der Waals surface area contributed by atoms with Crippen molar-refractivity contribution in [1.29, 1.82) is 0 Å². The zero-order valence-corrected chi connectivity index (χ0v) is 12.9. The summed E-state index contributed by atoms with van der Waals surface area (Å²) >= 11 is 0. The van der Waals surface area contributed by atoms with Gasteiger partial charge < -0.3 is 19.6 Å². The van der Waals surface area contributed by atoms with E-state index in [2.05, 4.69) is 15.3 Å². The molecule has 3 aromatic rings. The van der Waals surface area contributed by atoms with Gasteiger partial charge in [-0.15, -0.1) is 0 Å². The van der Waals surface area contributed by atoms with E-state index < -0.39 is 0 Å². The molecule has 0 spiro atoms.